The standard InChI is InChI=1S/C14H21BrN2O/c1-14(2,15)13(18)16-10-12(17(3)4)11-8-6-5-7-9-11/h5-9,12H,10H2,1-4H3,(H,16,18). The second-order valence-corrected chi connectivity index (χ2v) is 7.06. The number of rotatable bonds is 5. The summed E-state index contributed by atoms with van der Waals surface area (Å²) in [6, 6.07) is 10.4. The molecule has 1 unspecified atom stereocenters. The minimum absolute atomic E-state index is 0.00489. The number of nitrogens with one attached hydrogen (secondary N) is 1. The van der Waals surface area contributed by atoms with Gasteiger partial charge in [0.1, 0.15) is 0 Å². The normalized spacial score (nSPS) is 13.4. The van der Waals surface area contributed by atoms with Crippen LogP contribution in [0.1, 0.15) is 25.5 Å². The minimum Gasteiger partial charge on any atom is -0.353 e. The van der Waals surface area contributed by atoms with Crippen LogP contribution >= 0.6 is 15.9 Å². The lowest BCUT2D eigenvalue weighted by Crippen LogP contribution is -2.41. The zero-order valence-corrected chi connectivity index (χ0v) is 13.0. The van der Waals surface area contributed by atoms with E-state index < -0.39 is 4.32 Å². The summed E-state index contributed by atoms with van der Waals surface area (Å²) in [5.41, 5.74) is 1.20. The fourth-order valence-electron chi connectivity index (χ4n) is 1.67. The van der Waals surface area contributed by atoms with E-state index in [-0.39, 0.29) is 11.9 Å². The predicted molar refractivity (Wildman–Crippen MR) is 78.9 cm³/mol. The van der Waals surface area contributed by atoms with Crippen LogP contribution in [0.2, 0.25) is 0 Å². The zero-order chi connectivity index (χ0) is 13.8. The molecule has 0 radical (unpaired) electrons. The average molecular weight is 313 g/mol. The van der Waals surface area contributed by atoms with Gasteiger partial charge in [0.05, 0.1) is 10.4 Å². The van der Waals surface area contributed by atoms with Gasteiger partial charge in [-0.2, -0.15) is 0 Å². The van der Waals surface area contributed by atoms with Crippen molar-refractivity contribution < 1.29 is 4.79 Å². The van der Waals surface area contributed by atoms with E-state index in [0.717, 1.165) is 0 Å². The zero-order valence-electron chi connectivity index (χ0n) is 11.4. The third-order valence-electron chi connectivity index (χ3n) is 2.80. The second kappa shape index (κ2) is 6.34. The number of likely N-dealkylation sites (N-methyl/N-ethyl adjacent to an activating group) is 1. The van der Waals surface area contributed by atoms with Gasteiger partial charge in [0.2, 0.25) is 5.91 Å². The van der Waals surface area contributed by atoms with Crippen LogP contribution in [0.15, 0.2) is 30.3 Å². The Morgan fingerprint density at radius 1 is 1.33 bits per heavy atom. The van der Waals surface area contributed by atoms with E-state index in [0.29, 0.717) is 6.54 Å². The van der Waals surface area contributed by atoms with Gasteiger partial charge in [0.15, 0.2) is 0 Å². The van der Waals surface area contributed by atoms with Gasteiger partial charge in [-0.15, -0.1) is 0 Å². The van der Waals surface area contributed by atoms with E-state index in [1.165, 1.54) is 5.56 Å². The Labute approximate surface area is 118 Å². The maximum absolute atomic E-state index is 11.8. The first-order valence-electron chi connectivity index (χ1n) is 6.01. The number of amides is 1. The third kappa shape index (κ3) is 4.42. The van der Waals surface area contributed by atoms with Crippen LogP contribution in [0.3, 0.4) is 0 Å². The first-order valence-corrected chi connectivity index (χ1v) is 6.80. The molecule has 0 spiro atoms. The van der Waals surface area contributed by atoms with Gasteiger partial charge >= 0.3 is 0 Å². The summed E-state index contributed by atoms with van der Waals surface area (Å²) in [6.07, 6.45) is 0. The van der Waals surface area contributed by atoms with Crippen molar-refractivity contribution in [3.63, 3.8) is 0 Å². The summed E-state index contributed by atoms with van der Waals surface area (Å²) < 4.78 is -0.527. The summed E-state index contributed by atoms with van der Waals surface area (Å²) >= 11 is 3.36. The highest BCUT2D eigenvalue weighted by molar-refractivity contribution is 9.10. The molecule has 0 aliphatic carbocycles. The van der Waals surface area contributed by atoms with E-state index in [1.807, 2.05) is 46.1 Å². The van der Waals surface area contributed by atoms with Crippen LogP contribution in [-0.2, 0) is 4.79 Å². The molecule has 0 aromatic heterocycles. The highest BCUT2D eigenvalue weighted by Crippen LogP contribution is 2.19. The molecule has 18 heavy (non-hydrogen) atoms. The topological polar surface area (TPSA) is 32.3 Å². The number of halogens is 1. The van der Waals surface area contributed by atoms with E-state index in [4.69, 9.17) is 0 Å². The van der Waals surface area contributed by atoms with E-state index in [9.17, 15) is 4.79 Å². The van der Waals surface area contributed by atoms with Crippen molar-refractivity contribution in [2.24, 2.45) is 0 Å². The maximum atomic E-state index is 11.8. The number of alkyl halides is 1. The second-order valence-electron chi connectivity index (χ2n) is 5.07. The largest absolute Gasteiger partial charge is 0.353 e. The Morgan fingerprint density at radius 3 is 2.33 bits per heavy atom. The molecule has 1 N–H and O–H groups in total. The highest BCUT2D eigenvalue weighted by atomic mass is 79.9. The van der Waals surface area contributed by atoms with E-state index in [1.54, 1.807) is 0 Å². The third-order valence-corrected chi connectivity index (χ3v) is 3.16. The van der Waals surface area contributed by atoms with Gasteiger partial charge in [-0.3, -0.25) is 4.79 Å². The molecule has 0 saturated carbocycles. The maximum Gasteiger partial charge on any atom is 0.236 e. The summed E-state index contributed by atoms with van der Waals surface area (Å²) in [5, 5.41) is 2.98. The van der Waals surface area contributed by atoms with Crippen LogP contribution in [-0.4, -0.2) is 35.8 Å². The summed E-state index contributed by atoms with van der Waals surface area (Å²) in [5.74, 6) is 0.00489. The fourth-order valence-corrected chi connectivity index (χ4v) is 1.81. The lowest BCUT2D eigenvalue weighted by atomic mass is 10.1. The van der Waals surface area contributed by atoms with Gasteiger partial charge in [0, 0.05) is 6.54 Å². The monoisotopic (exact) mass is 312 g/mol. The summed E-state index contributed by atoms with van der Waals surface area (Å²) in [6.45, 7) is 4.29. The first kappa shape index (κ1) is 15.2. The quantitative estimate of drug-likeness (QED) is 0.848. The number of carbonyl (C=O) groups excluding carboxylic acids is 1. The molecule has 4 heteroatoms. The minimum atomic E-state index is -0.527. The molecule has 0 aliphatic rings. The molecule has 0 heterocycles. The van der Waals surface area contributed by atoms with Crippen molar-refractivity contribution in [2.45, 2.75) is 24.2 Å². The van der Waals surface area contributed by atoms with Gasteiger partial charge in [0.25, 0.3) is 0 Å². The lowest BCUT2D eigenvalue weighted by Gasteiger charge is -2.26. The summed E-state index contributed by atoms with van der Waals surface area (Å²) in [4.78, 5) is 14.0. The Hall–Kier alpha value is -0.870. The van der Waals surface area contributed by atoms with Gasteiger partial charge in [-0.1, -0.05) is 46.3 Å². The molecule has 1 amide bonds. The Bertz CT molecular complexity index is 385. The molecule has 1 atom stereocenters. The number of carbonyl (C=O) groups is 1. The van der Waals surface area contributed by atoms with Crippen molar-refractivity contribution >= 4 is 21.8 Å². The number of nitrogens with zero attached hydrogens (tertiary/aromatic N) is 1. The van der Waals surface area contributed by atoms with Gasteiger partial charge < -0.3 is 10.2 Å². The molecule has 0 saturated heterocycles. The number of hydrogen-bond donors (Lipinski definition) is 1. The molecule has 1 aromatic rings. The molecular formula is C14H21BrN2O. The Morgan fingerprint density at radius 2 is 1.89 bits per heavy atom. The molecule has 0 bridgehead atoms. The van der Waals surface area contributed by atoms with Crippen LogP contribution in [0.5, 0.6) is 0 Å². The Balaban J connectivity index is 2.69. The van der Waals surface area contributed by atoms with Gasteiger partial charge in [-0.25, -0.2) is 0 Å². The predicted octanol–water partition coefficient (Wildman–Crippen LogP) is 2.58. The lowest BCUT2D eigenvalue weighted by molar-refractivity contribution is -0.122. The smallest absolute Gasteiger partial charge is 0.236 e. The summed E-state index contributed by atoms with van der Waals surface area (Å²) in [7, 11) is 4.03. The van der Waals surface area contributed by atoms with Crippen LogP contribution < -0.4 is 5.32 Å². The molecule has 100 valence electrons. The molecule has 0 fully saturated rings. The van der Waals surface area contributed by atoms with Crippen LogP contribution in [0, 0.1) is 0 Å². The molecular weight excluding hydrogens is 292 g/mol. The van der Waals surface area contributed by atoms with Crippen molar-refractivity contribution in [3.05, 3.63) is 35.9 Å². The number of benzene rings is 1. The van der Waals surface area contributed by atoms with Crippen molar-refractivity contribution in [2.75, 3.05) is 20.6 Å². The van der Waals surface area contributed by atoms with Crippen molar-refractivity contribution in [1.82, 2.24) is 10.2 Å². The highest BCUT2D eigenvalue weighted by Gasteiger charge is 2.24. The first-order chi connectivity index (χ1) is 8.32. The van der Waals surface area contributed by atoms with Crippen molar-refractivity contribution in [3.8, 4) is 0 Å². The van der Waals surface area contributed by atoms with Gasteiger partial charge in [-0.05, 0) is 33.5 Å². The molecule has 1 aromatic carbocycles. The molecule has 1 rings (SSSR count). The Kier molecular flexibility index (Phi) is 5.35. The number of hydrogen-bond acceptors (Lipinski definition) is 2. The van der Waals surface area contributed by atoms with E-state index in [2.05, 4.69) is 38.3 Å². The van der Waals surface area contributed by atoms with E-state index >= 15 is 0 Å². The molecule has 0 aliphatic heterocycles. The molecule has 3 nitrogen and oxygen atoms in total. The van der Waals surface area contributed by atoms with Crippen molar-refractivity contribution in [1.29, 1.82) is 0 Å². The van der Waals surface area contributed by atoms with Crippen LogP contribution in [0.25, 0.3) is 0 Å². The average Bonchev–Trinajstić information content (AvgIpc) is 2.28. The van der Waals surface area contributed by atoms with Crippen LogP contribution in [0.4, 0.5) is 0 Å². The SMILES string of the molecule is CN(C)C(CNC(=O)C(C)(C)Br)c1ccccc1. The fraction of sp³-hybridized carbons (Fsp3) is 0.500.